The number of nitriles is 1. The number of nitrogens with zero attached hydrogens (tertiary/aromatic N) is 2. The third kappa shape index (κ3) is 3.32. The van der Waals surface area contributed by atoms with Gasteiger partial charge in [0.15, 0.2) is 6.23 Å². The number of hydrogen-bond acceptors (Lipinski definition) is 8. The summed E-state index contributed by atoms with van der Waals surface area (Å²) in [4.78, 5) is 0. The summed E-state index contributed by atoms with van der Waals surface area (Å²) >= 11 is 5.48. The highest BCUT2D eigenvalue weighted by atomic mass is 32.1. The van der Waals surface area contributed by atoms with E-state index in [1.54, 1.807) is 18.2 Å². The first-order chi connectivity index (χ1) is 12.9. The minimum atomic E-state index is -1.54. The quantitative estimate of drug-likeness (QED) is 0.564. The highest BCUT2D eigenvalue weighted by Crippen LogP contribution is 2.33. The average molecular weight is 392 g/mol. The first-order valence-corrected chi connectivity index (χ1v) is 8.88. The van der Waals surface area contributed by atoms with Crippen molar-refractivity contribution in [3.8, 4) is 17.4 Å². The van der Waals surface area contributed by atoms with E-state index in [0.29, 0.717) is 23.4 Å². The molecule has 5 atom stereocenters. The molecule has 2 aromatic rings. The Kier molecular flexibility index (Phi) is 5.76. The van der Waals surface area contributed by atoms with Gasteiger partial charge in [-0.1, -0.05) is 19.1 Å². The van der Waals surface area contributed by atoms with Crippen molar-refractivity contribution >= 4 is 12.2 Å². The molecule has 8 nitrogen and oxygen atoms in total. The molecule has 0 aliphatic carbocycles. The summed E-state index contributed by atoms with van der Waals surface area (Å²) in [6, 6.07) is 7.19. The summed E-state index contributed by atoms with van der Waals surface area (Å²) in [6.07, 6.45) is -4.78. The number of pyridine rings is 1. The van der Waals surface area contributed by atoms with E-state index in [-0.39, 0.29) is 10.2 Å². The minimum absolute atomic E-state index is 0.104. The van der Waals surface area contributed by atoms with E-state index < -0.39 is 37.3 Å². The molecule has 144 valence electrons. The second-order valence-electron chi connectivity index (χ2n) is 6.26. The van der Waals surface area contributed by atoms with Crippen LogP contribution in [0.1, 0.15) is 24.4 Å². The molecule has 0 radical (unpaired) electrons. The predicted molar refractivity (Wildman–Crippen MR) is 96.1 cm³/mol. The van der Waals surface area contributed by atoms with Crippen molar-refractivity contribution < 1.29 is 29.6 Å². The van der Waals surface area contributed by atoms with Crippen LogP contribution in [0.3, 0.4) is 0 Å². The lowest BCUT2D eigenvalue weighted by Crippen LogP contribution is -2.56. The monoisotopic (exact) mass is 392 g/mol. The van der Waals surface area contributed by atoms with Crippen molar-refractivity contribution in [2.75, 3.05) is 6.61 Å². The maximum atomic E-state index is 10.5. The van der Waals surface area contributed by atoms with E-state index in [9.17, 15) is 25.7 Å². The molecule has 4 N–H and O–H groups in total. The maximum Gasteiger partial charge on any atom is 0.164 e. The highest BCUT2D eigenvalue weighted by Gasteiger charge is 2.44. The molecule has 0 bridgehead atoms. The summed E-state index contributed by atoms with van der Waals surface area (Å²) in [6.45, 7) is 1.31. The van der Waals surface area contributed by atoms with E-state index >= 15 is 0 Å². The highest BCUT2D eigenvalue weighted by molar-refractivity contribution is 7.71. The number of furan rings is 1. The molecule has 0 spiro atoms. The summed E-state index contributed by atoms with van der Waals surface area (Å²) in [5.41, 5.74) is 1.31. The Morgan fingerprint density at radius 2 is 2.00 bits per heavy atom. The van der Waals surface area contributed by atoms with E-state index in [2.05, 4.69) is 6.07 Å². The van der Waals surface area contributed by atoms with Crippen LogP contribution >= 0.6 is 12.2 Å². The number of hydrogen-bond donors (Lipinski definition) is 4. The Bertz CT molecular complexity index is 902. The molecule has 0 aromatic carbocycles. The van der Waals surface area contributed by atoms with Crippen LogP contribution in [-0.2, 0) is 11.2 Å². The van der Waals surface area contributed by atoms with Gasteiger partial charge in [0, 0.05) is 11.3 Å². The van der Waals surface area contributed by atoms with Crippen LogP contribution in [-0.4, -0.2) is 56.0 Å². The number of rotatable bonds is 4. The van der Waals surface area contributed by atoms with Gasteiger partial charge >= 0.3 is 0 Å². The van der Waals surface area contributed by atoms with Crippen LogP contribution < -0.4 is 0 Å². The van der Waals surface area contributed by atoms with Crippen LogP contribution in [0.15, 0.2) is 28.9 Å². The van der Waals surface area contributed by atoms with Crippen molar-refractivity contribution in [3.63, 3.8) is 0 Å². The SMILES string of the molecule is CCc1cc(-c2ccco2)c(C#N)c(=S)n1[C@@H]1O[C@H](CO)[C@@H](O)[C@H](O)[C@H]1O. The van der Waals surface area contributed by atoms with Gasteiger partial charge in [-0.3, -0.25) is 0 Å². The molecule has 1 aliphatic rings. The van der Waals surface area contributed by atoms with Gasteiger partial charge in [0.05, 0.1) is 18.4 Å². The zero-order chi connectivity index (χ0) is 19.7. The minimum Gasteiger partial charge on any atom is -0.464 e. The standard InChI is InChI=1S/C18H20N2O6S/c1-2-9-6-10(12-4-3-5-25-12)11(7-19)18(27)20(9)17-16(24)15(23)14(22)13(8-21)26-17/h3-6,13-17,21-24H,2,8H2,1H3/t13-,14-,15+,16-,17-/m1/s1. The number of ether oxygens (including phenoxy) is 1. The second kappa shape index (κ2) is 7.90. The smallest absolute Gasteiger partial charge is 0.164 e. The van der Waals surface area contributed by atoms with Crippen LogP contribution in [0.4, 0.5) is 0 Å². The Balaban J connectivity index is 2.18. The lowest BCUT2D eigenvalue weighted by atomic mass is 9.97. The van der Waals surface area contributed by atoms with Crippen molar-refractivity contribution in [3.05, 3.63) is 40.4 Å². The van der Waals surface area contributed by atoms with Crippen molar-refractivity contribution in [1.82, 2.24) is 4.57 Å². The zero-order valence-electron chi connectivity index (χ0n) is 14.5. The van der Waals surface area contributed by atoms with E-state index in [4.69, 9.17) is 21.4 Å². The summed E-state index contributed by atoms with van der Waals surface area (Å²) < 4.78 is 12.6. The van der Waals surface area contributed by atoms with Gasteiger partial charge in [0.25, 0.3) is 0 Å². The van der Waals surface area contributed by atoms with Gasteiger partial charge in [-0.2, -0.15) is 5.26 Å². The Morgan fingerprint density at radius 1 is 1.26 bits per heavy atom. The third-order valence-electron chi connectivity index (χ3n) is 4.70. The lowest BCUT2D eigenvalue weighted by molar-refractivity contribution is -0.252. The fourth-order valence-corrected chi connectivity index (χ4v) is 3.63. The van der Waals surface area contributed by atoms with Crippen molar-refractivity contribution in [2.45, 2.75) is 44.0 Å². The van der Waals surface area contributed by atoms with E-state index in [0.717, 1.165) is 0 Å². The van der Waals surface area contributed by atoms with Gasteiger partial charge in [-0.15, -0.1) is 0 Å². The first kappa shape index (κ1) is 19.7. The summed E-state index contributed by atoms with van der Waals surface area (Å²) in [5.74, 6) is 0.480. The molecule has 0 amide bonds. The van der Waals surface area contributed by atoms with Gasteiger partial charge < -0.3 is 34.1 Å². The molecular weight excluding hydrogens is 372 g/mol. The topological polar surface area (TPSA) is 132 Å². The molecule has 0 saturated carbocycles. The van der Waals surface area contributed by atoms with Gasteiger partial charge in [0.1, 0.15) is 40.9 Å². The number of aromatic nitrogens is 1. The molecule has 1 saturated heterocycles. The summed E-state index contributed by atoms with van der Waals surface area (Å²) in [5, 5.41) is 49.6. The zero-order valence-corrected chi connectivity index (χ0v) is 15.3. The Morgan fingerprint density at radius 3 is 2.56 bits per heavy atom. The van der Waals surface area contributed by atoms with Crippen molar-refractivity contribution in [1.29, 1.82) is 5.26 Å². The van der Waals surface area contributed by atoms with Crippen LogP contribution in [0, 0.1) is 16.0 Å². The average Bonchev–Trinajstić information content (AvgIpc) is 3.21. The molecule has 9 heteroatoms. The molecular formula is C18H20N2O6S. The van der Waals surface area contributed by atoms with Gasteiger partial charge in [-0.05, 0) is 24.6 Å². The Labute approximate surface area is 160 Å². The molecule has 1 aliphatic heterocycles. The second-order valence-corrected chi connectivity index (χ2v) is 6.65. The van der Waals surface area contributed by atoms with Gasteiger partial charge in [0.2, 0.25) is 0 Å². The largest absolute Gasteiger partial charge is 0.464 e. The van der Waals surface area contributed by atoms with E-state index in [1.165, 1.54) is 10.8 Å². The molecule has 0 unspecified atom stereocenters. The first-order valence-electron chi connectivity index (χ1n) is 8.47. The van der Waals surface area contributed by atoms with Crippen LogP contribution in [0.2, 0.25) is 0 Å². The van der Waals surface area contributed by atoms with Crippen molar-refractivity contribution in [2.24, 2.45) is 0 Å². The molecule has 3 rings (SSSR count). The molecule has 3 heterocycles. The third-order valence-corrected chi connectivity index (χ3v) is 5.11. The number of aryl methyl sites for hydroxylation is 1. The molecule has 2 aromatic heterocycles. The predicted octanol–water partition coefficient (Wildman–Crippen LogP) is 0.884. The van der Waals surface area contributed by atoms with E-state index in [1.807, 2.05) is 6.92 Å². The number of aliphatic hydroxyl groups excluding tert-OH is 4. The maximum absolute atomic E-state index is 10.5. The number of aliphatic hydroxyl groups is 4. The van der Waals surface area contributed by atoms with Crippen LogP contribution in [0.5, 0.6) is 0 Å². The lowest BCUT2D eigenvalue weighted by Gasteiger charge is -2.41. The Hall–Kier alpha value is -2.06. The fraction of sp³-hybridized carbons (Fsp3) is 0.444. The molecule has 1 fully saturated rings. The van der Waals surface area contributed by atoms with Gasteiger partial charge in [-0.25, -0.2) is 0 Å². The molecule has 27 heavy (non-hydrogen) atoms. The van der Waals surface area contributed by atoms with Crippen LogP contribution in [0.25, 0.3) is 11.3 Å². The fourth-order valence-electron chi connectivity index (χ4n) is 3.26. The summed E-state index contributed by atoms with van der Waals surface area (Å²) in [7, 11) is 0. The normalized spacial score (nSPS) is 28.1.